The predicted molar refractivity (Wildman–Crippen MR) is 56.4 cm³/mol. The summed E-state index contributed by atoms with van der Waals surface area (Å²) >= 11 is -2.02. The van der Waals surface area contributed by atoms with Gasteiger partial charge < -0.3 is 9.45 Å². The highest BCUT2D eigenvalue weighted by Gasteiger charge is 2.17. The van der Waals surface area contributed by atoms with Crippen molar-refractivity contribution in [3.05, 3.63) is 0 Å². The van der Waals surface area contributed by atoms with E-state index in [1.54, 1.807) is 0 Å². The number of piperazine rings is 1. The van der Waals surface area contributed by atoms with Gasteiger partial charge in [0.05, 0.1) is 0 Å². The summed E-state index contributed by atoms with van der Waals surface area (Å²) in [5.41, 5.74) is 0. The summed E-state index contributed by atoms with van der Waals surface area (Å²) in [7, 11) is 0. The van der Waals surface area contributed by atoms with Gasteiger partial charge in [-0.3, -0.25) is 4.21 Å². The Kier molecular flexibility index (Phi) is 5.01. The Labute approximate surface area is 88.7 Å². The molecule has 0 saturated carbocycles. The first-order chi connectivity index (χ1) is 6.63. The Bertz CT molecular complexity index is 193. The van der Waals surface area contributed by atoms with Crippen molar-refractivity contribution in [2.24, 2.45) is 5.92 Å². The van der Waals surface area contributed by atoms with Crippen molar-refractivity contribution in [3.8, 4) is 0 Å². The third kappa shape index (κ3) is 3.65. The molecule has 0 aliphatic carbocycles. The van der Waals surface area contributed by atoms with E-state index in [2.05, 4.69) is 18.7 Å². The quantitative estimate of drug-likeness (QED) is 0.645. The SMILES string of the molecule is CC[C@H](C)CN1CCN(S(=O)[O-])CC1. The molecule has 14 heavy (non-hydrogen) atoms. The molecule has 0 bridgehead atoms. The van der Waals surface area contributed by atoms with Gasteiger partial charge in [-0.2, -0.15) is 0 Å². The summed E-state index contributed by atoms with van der Waals surface area (Å²) in [5, 5.41) is 0. The molecule has 0 amide bonds. The van der Waals surface area contributed by atoms with E-state index in [1.807, 2.05) is 0 Å². The molecule has 2 atom stereocenters. The standard InChI is InChI=1S/C9H20N2O2S/c1-3-9(2)8-10-4-6-11(7-5-10)14(12)13/h9H,3-8H2,1-2H3,(H,12,13)/p-1/t9-/m0/s1. The van der Waals surface area contributed by atoms with Crippen molar-refractivity contribution in [3.63, 3.8) is 0 Å². The van der Waals surface area contributed by atoms with Gasteiger partial charge in [0.15, 0.2) is 0 Å². The van der Waals surface area contributed by atoms with Gasteiger partial charge in [-0.1, -0.05) is 20.3 Å². The molecule has 0 aromatic rings. The molecule has 1 aliphatic rings. The van der Waals surface area contributed by atoms with E-state index >= 15 is 0 Å². The second-order valence-electron chi connectivity index (χ2n) is 3.96. The monoisotopic (exact) mass is 219 g/mol. The maximum absolute atomic E-state index is 10.6. The summed E-state index contributed by atoms with van der Waals surface area (Å²) in [6.45, 7) is 8.55. The smallest absolute Gasteiger partial charge is 0.0230 e. The van der Waals surface area contributed by atoms with Crippen LogP contribution in [-0.2, 0) is 11.3 Å². The van der Waals surface area contributed by atoms with Crippen LogP contribution >= 0.6 is 0 Å². The highest BCUT2D eigenvalue weighted by molar-refractivity contribution is 7.76. The largest absolute Gasteiger partial charge is 0.760 e. The van der Waals surface area contributed by atoms with E-state index in [0.29, 0.717) is 19.0 Å². The fourth-order valence-corrected chi connectivity index (χ4v) is 2.09. The third-order valence-corrected chi connectivity index (χ3v) is 3.60. The highest BCUT2D eigenvalue weighted by Crippen LogP contribution is 2.08. The Morgan fingerprint density at radius 1 is 1.36 bits per heavy atom. The Morgan fingerprint density at radius 3 is 2.36 bits per heavy atom. The molecule has 0 aromatic heterocycles. The summed E-state index contributed by atoms with van der Waals surface area (Å²) in [6, 6.07) is 0. The fraction of sp³-hybridized carbons (Fsp3) is 1.00. The van der Waals surface area contributed by atoms with Crippen molar-refractivity contribution < 1.29 is 8.76 Å². The lowest BCUT2D eigenvalue weighted by atomic mass is 10.1. The maximum Gasteiger partial charge on any atom is 0.0230 e. The molecule has 1 unspecified atom stereocenters. The van der Waals surface area contributed by atoms with Crippen molar-refractivity contribution in [2.45, 2.75) is 20.3 Å². The van der Waals surface area contributed by atoms with E-state index in [4.69, 9.17) is 0 Å². The minimum Gasteiger partial charge on any atom is -0.760 e. The molecule has 1 saturated heterocycles. The van der Waals surface area contributed by atoms with Crippen LogP contribution in [0.3, 0.4) is 0 Å². The van der Waals surface area contributed by atoms with Crippen LogP contribution < -0.4 is 0 Å². The first kappa shape index (κ1) is 12.1. The van der Waals surface area contributed by atoms with Gasteiger partial charge in [0.1, 0.15) is 0 Å². The Morgan fingerprint density at radius 2 is 1.93 bits per heavy atom. The lowest BCUT2D eigenvalue weighted by Crippen LogP contribution is -2.47. The summed E-state index contributed by atoms with van der Waals surface area (Å²) < 4.78 is 22.8. The summed E-state index contributed by atoms with van der Waals surface area (Å²) in [6.07, 6.45) is 1.19. The first-order valence-corrected chi connectivity index (χ1v) is 6.23. The lowest BCUT2D eigenvalue weighted by molar-refractivity contribution is 0.165. The molecule has 1 heterocycles. The molecule has 5 heteroatoms. The Hall–Kier alpha value is 0.0300. The fourth-order valence-electron chi connectivity index (χ4n) is 1.63. The van der Waals surface area contributed by atoms with Crippen molar-refractivity contribution in [1.29, 1.82) is 0 Å². The van der Waals surface area contributed by atoms with E-state index in [-0.39, 0.29) is 0 Å². The zero-order chi connectivity index (χ0) is 10.6. The van der Waals surface area contributed by atoms with Crippen molar-refractivity contribution >= 4 is 11.3 Å². The molecule has 0 spiro atoms. The zero-order valence-electron chi connectivity index (χ0n) is 8.94. The average Bonchev–Trinajstić information content (AvgIpc) is 2.18. The molecule has 0 aromatic carbocycles. The summed E-state index contributed by atoms with van der Waals surface area (Å²) in [4.78, 5) is 2.34. The molecule has 1 rings (SSSR count). The molecule has 0 N–H and O–H groups in total. The average molecular weight is 219 g/mol. The number of hydrogen-bond acceptors (Lipinski definition) is 3. The van der Waals surface area contributed by atoms with Crippen LogP contribution in [0, 0.1) is 5.92 Å². The molecule has 1 aliphatic heterocycles. The van der Waals surface area contributed by atoms with Crippen LogP contribution in [0.4, 0.5) is 0 Å². The van der Waals surface area contributed by atoms with E-state index in [9.17, 15) is 8.76 Å². The Balaban J connectivity index is 2.25. The van der Waals surface area contributed by atoms with Crippen LogP contribution in [0.1, 0.15) is 20.3 Å². The summed E-state index contributed by atoms with van der Waals surface area (Å²) in [5.74, 6) is 0.708. The third-order valence-electron chi connectivity index (χ3n) is 2.81. The topological polar surface area (TPSA) is 46.6 Å². The van der Waals surface area contributed by atoms with E-state index < -0.39 is 11.3 Å². The lowest BCUT2D eigenvalue weighted by Gasteiger charge is -2.36. The van der Waals surface area contributed by atoms with Gasteiger partial charge in [0.25, 0.3) is 0 Å². The minimum absolute atomic E-state index is 0.645. The molecular weight excluding hydrogens is 200 g/mol. The van der Waals surface area contributed by atoms with Crippen LogP contribution in [0.15, 0.2) is 0 Å². The van der Waals surface area contributed by atoms with Gasteiger partial charge >= 0.3 is 0 Å². The van der Waals surface area contributed by atoms with Crippen LogP contribution in [0.25, 0.3) is 0 Å². The molecule has 4 nitrogen and oxygen atoms in total. The maximum atomic E-state index is 10.6. The van der Waals surface area contributed by atoms with Gasteiger partial charge in [0, 0.05) is 44.0 Å². The van der Waals surface area contributed by atoms with Gasteiger partial charge in [-0.25, -0.2) is 4.31 Å². The number of hydrogen-bond donors (Lipinski definition) is 0. The normalized spacial score (nSPS) is 24.8. The molecule has 1 fully saturated rings. The molecular formula is C9H19N2O2S-. The van der Waals surface area contributed by atoms with Gasteiger partial charge in [0.2, 0.25) is 0 Å². The highest BCUT2D eigenvalue weighted by atomic mass is 32.2. The zero-order valence-corrected chi connectivity index (χ0v) is 9.76. The van der Waals surface area contributed by atoms with Crippen LogP contribution in [0.2, 0.25) is 0 Å². The second-order valence-corrected chi connectivity index (χ2v) is 4.91. The van der Waals surface area contributed by atoms with Crippen molar-refractivity contribution in [2.75, 3.05) is 32.7 Å². The van der Waals surface area contributed by atoms with E-state index in [0.717, 1.165) is 19.6 Å². The second kappa shape index (κ2) is 5.80. The van der Waals surface area contributed by atoms with Gasteiger partial charge in [-0.05, 0) is 5.92 Å². The van der Waals surface area contributed by atoms with Crippen LogP contribution in [-0.4, -0.2) is 50.7 Å². The van der Waals surface area contributed by atoms with Crippen LogP contribution in [0.5, 0.6) is 0 Å². The molecule has 84 valence electrons. The minimum atomic E-state index is -2.02. The van der Waals surface area contributed by atoms with E-state index in [1.165, 1.54) is 10.7 Å². The van der Waals surface area contributed by atoms with Crippen molar-refractivity contribution in [1.82, 2.24) is 9.21 Å². The number of nitrogens with zero attached hydrogens (tertiary/aromatic N) is 2. The predicted octanol–water partition coefficient (Wildman–Crippen LogP) is 0.444. The van der Waals surface area contributed by atoms with Gasteiger partial charge in [-0.15, -0.1) is 0 Å². The molecule has 0 radical (unpaired) electrons. The number of rotatable bonds is 4. The first-order valence-electron chi connectivity index (χ1n) is 5.20.